The van der Waals surface area contributed by atoms with Gasteiger partial charge in [0.1, 0.15) is 0 Å². The third kappa shape index (κ3) is 6.06. The molecule has 0 saturated carbocycles. The Balaban J connectivity index is 1.48. The number of anilines is 1. The van der Waals surface area contributed by atoms with Gasteiger partial charge in [-0.15, -0.1) is 0 Å². The van der Waals surface area contributed by atoms with E-state index >= 15 is 0 Å². The summed E-state index contributed by atoms with van der Waals surface area (Å²) in [6.45, 7) is 2.81. The zero-order valence-corrected chi connectivity index (χ0v) is 17.5. The number of hydrogen-bond acceptors (Lipinski definition) is 4. The van der Waals surface area contributed by atoms with Gasteiger partial charge in [-0.1, -0.05) is 23.7 Å². The number of carbonyl (C=O) groups is 1. The van der Waals surface area contributed by atoms with Crippen LogP contribution in [0.25, 0.3) is 0 Å². The largest absolute Gasteiger partial charge is 0.303 e. The van der Waals surface area contributed by atoms with Gasteiger partial charge in [0.2, 0.25) is 10.0 Å². The minimum atomic E-state index is -3.31. The molecule has 3 rings (SSSR count). The van der Waals surface area contributed by atoms with Gasteiger partial charge in [-0.05, 0) is 74.3 Å². The first kappa shape index (κ1) is 20.8. The second kappa shape index (κ2) is 9.07. The highest BCUT2D eigenvalue weighted by molar-refractivity contribution is 7.92. The van der Waals surface area contributed by atoms with E-state index in [9.17, 15) is 13.2 Å². The summed E-state index contributed by atoms with van der Waals surface area (Å²) in [6, 6.07) is 14.6. The molecule has 1 aliphatic rings. The fourth-order valence-corrected chi connectivity index (χ4v) is 4.20. The molecular formula is C21H25ClN2O3S. The highest BCUT2D eigenvalue weighted by atomic mass is 35.5. The van der Waals surface area contributed by atoms with Crippen LogP contribution in [0, 0.1) is 5.92 Å². The van der Waals surface area contributed by atoms with Crippen molar-refractivity contribution in [2.45, 2.75) is 19.3 Å². The molecule has 0 aromatic heterocycles. The summed E-state index contributed by atoms with van der Waals surface area (Å²) in [5.41, 5.74) is 2.38. The number of benzene rings is 2. The molecule has 1 fully saturated rings. The number of piperidine rings is 1. The predicted molar refractivity (Wildman–Crippen MR) is 114 cm³/mol. The van der Waals surface area contributed by atoms with Gasteiger partial charge in [0, 0.05) is 28.7 Å². The number of rotatable bonds is 7. The summed E-state index contributed by atoms with van der Waals surface area (Å²) in [5, 5.41) is 0.753. The molecule has 2 aromatic carbocycles. The summed E-state index contributed by atoms with van der Waals surface area (Å²) >= 11 is 5.92. The van der Waals surface area contributed by atoms with E-state index in [2.05, 4.69) is 21.8 Å². The SMILES string of the molecule is CS(=O)(=O)Nc1ccc(C(=O)C2CCN(CCc3ccc(Cl)cc3)CC2)cc1. The van der Waals surface area contributed by atoms with Crippen LogP contribution < -0.4 is 4.72 Å². The molecule has 0 atom stereocenters. The van der Waals surface area contributed by atoms with Crippen LogP contribution in [0.1, 0.15) is 28.8 Å². The van der Waals surface area contributed by atoms with Gasteiger partial charge in [0.25, 0.3) is 0 Å². The van der Waals surface area contributed by atoms with E-state index in [1.54, 1.807) is 24.3 Å². The lowest BCUT2D eigenvalue weighted by atomic mass is 9.88. The summed E-state index contributed by atoms with van der Waals surface area (Å²) in [4.78, 5) is 15.1. The van der Waals surface area contributed by atoms with Crippen molar-refractivity contribution in [1.29, 1.82) is 0 Å². The summed E-state index contributed by atoms with van der Waals surface area (Å²) in [7, 11) is -3.31. The van der Waals surface area contributed by atoms with Crippen molar-refractivity contribution >= 4 is 33.1 Å². The third-order valence-corrected chi connectivity index (χ3v) is 5.92. The van der Waals surface area contributed by atoms with E-state index in [1.165, 1.54) is 5.56 Å². The Kier molecular flexibility index (Phi) is 6.75. The number of likely N-dealkylation sites (tertiary alicyclic amines) is 1. The van der Waals surface area contributed by atoms with Gasteiger partial charge in [0.05, 0.1) is 6.26 Å². The van der Waals surface area contributed by atoms with E-state index in [1.807, 2.05) is 12.1 Å². The van der Waals surface area contributed by atoms with Crippen LogP contribution >= 0.6 is 11.6 Å². The molecule has 1 saturated heterocycles. The van der Waals surface area contributed by atoms with Crippen LogP contribution in [0.5, 0.6) is 0 Å². The zero-order valence-electron chi connectivity index (χ0n) is 15.9. The first-order chi connectivity index (χ1) is 13.3. The van der Waals surface area contributed by atoms with Crippen LogP contribution in [-0.2, 0) is 16.4 Å². The van der Waals surface area contributed by atoms with E-state index in [4.69, 9.17) is 11.6 Å². The second-order valence-corrected chi connectivity index (χ2v) is 9.49. The Morgan fingerprint density at radius 1 is 1.07 bits per heavy atom. The van der Waals surface area contributed by atoms with Crippen LogP contribution in [0.15, 0.2) is 48.5 Å². The first-order valence-corrected chi connectivity index (χ1v) is 11.7. The molecule has 1 aliphatic heterocycles. The van der Waals surface area contributed by atoms with Crippen LogP contribution in [-0.4, -0.2) is 45.0 Å². The number of nitrogens with zero attached hydrogens (tertiary/aromatic N) is 1. The van der Waals surface area contributed by atoms with E-state index in [0.29, 0.717) is 11.3 Å². The molecule has 150 valence electrons. The van der Waals surface area contributed by atoms with E-state index in [-0.39, 0.29) is 11.7 Å². The Bertz CT molecular complexity index is 904. The molecule has 0 radical (unpaired) electrons. The molecule has 0 unspecified atom stereocenters. The highest BCUT2D eigenvalue weighted by Crippen LogP contribution is 2.23. The molecule has 0 amide bonds. The fraction of sp³-hybridized carbons (Fsp3) is 0.381. The lowest BCUT2D eigenvalue weighted by Gasteiger charge is -2.31. The van der Waals surface area contributed by atoms with E-state index < -0.39 is 10.0 Å². The normalized spacial score (nSPS) is 16.1. The van der Waals surface area contributed by atoms with Crippen LogP contribution in [0.4, 0.5) is 5.69 Å². The lowest BCUT2D eigenvalue weighted by molar-refractivity contribution is 0.0841. The summed E-state index contributed by atoms with van der Waals surface area (Å²) in [6.07, 6.45) is 3.78. The monoisotopic (exact) mass is 420 g/mol. The maximum Gasteiger partial charge on any atom is 0.229 e. The van der Waals surface area contributed by atoms with Gasteiger partial charge in [-0.3, -0.25) is 9.52 Å². The molecular weight excluding hydrogens is 396 g/mol. The Morgan fingerprint density at radius 2 is 1.68 bits per heavy atom. The molecule has 0 spiro atoms. The first-order valence-electron chi connectivity index (χ1n) is 9.39. The molecule has 1 heterocycles. The van der Waals surface area contributed by atoms with Crippen molar-refractivity contribution in [2.75, 3.05) is 30.6 Å². The predicted octanol–water partition coefficient (Wildman–Crippen LogP) is 3.85. The second-order valence-electron chi connectivity index (χ2n) is 7.31. The molecule has 5 nitrogen and oxygen atoms in total. The highest BCUT2D eigenvalue weighted by Gasteiger charge is 2.25. The van der Waals surface area contributed by atoms with Gasteiger partial charge < -0.3 is 4.90 Å². The van der Waals surface area contributed by atoms with Gasteiger partial charge >= 0.3 is 0 Å². The van der Waals surface area contributed by atoms with Crippen LogP contribution in [0.2, 0.25) is 5.02 Å². The summed E-state index contributed by atoms with van der Waals surface area (Å²) < 4.78 is 24.9. The number of sulfonamides is 1. The number of ketones is 1. The molecule has 0 bridgehead atoms. The van der Waals surface area contributed by atoms with Gasteiger partial charge in [-0.2, -0.15) is 0 Å². The number of Topliss-reactive ketones (excluding diaryl/α,β-unsaturated/α-hetero) is 1. The Hall–Kier alpha value is -1.89. The lowest BCUT2D eigenvalue weighted by Crippen LogP contribution is -2.37. The van der Waals surface area contributed by atoms with E-state index in [0.717, 1.165) is 50.2 Å². The minimum Gasteiger partial charge on any atom is -0.303 e. The molecule has 0 aliphatic carbocycles. The number of hydrogen-bond donors (Lipinski definition) is 1. The molecule has 1 N–H and O–H groups in total. The van der Waals surface area contributed by atoms with Crippen LogP contribution in [0.3, 0.4) is 0 Å². The van der Waals surface area contributed by atoms with Gasteiger partial charge in [0.15, 0.2) is 5.78 Å². The maximum atomic E-state index is 12.7. The smallest absolute Gasteiger partial charge is 0.229 e. The van der Waals surface area contributed by atoms with Crippen molar-refractivity contribution in [3.63, 3.8) is 0 Å². The van der Waals surface area contributed by atoms with Crippen molar-refractivity contribution < 1.29 is 13.2 Å². The van der Waals surface area contributed by atoms with Crippen molar-refractivity contribution in [3.8, 4) is 0 Å². The molecule has 2 aromatic rings. The average Bonchev–Trinajstić information content (AvgIpc) is 2.67. The number of halogens is 1. The number of nitrogens with one attached hydrogen (secondary N) is 1. The Morgan fingerprint density at radius 3 is 2.25 bits per heavy atom. The molecule has 28 heavy (non-hydrogen) atoms. The third-order valence-electron chi connectivity index (χ3n) is 5.06. The number of carbonyl (C=O) groups excluding carboxylic acids is 1. The fourth-order valence-electron chi connectivity index (χ4n) is 3.51. The maximum absolute atomic E-state index is 12.7. The van der Waals surface area contributed by atoms with Crippen molar-refractivity contribution in [1.82, 2.24) is 4.90 Å². The van der Waals surface area contributed by atoms with Crippen molar-refractivity contribution in [2.24, 2.45) is 5.92 Å². The minimum absolute atomic E-state index is 0.0282. The van der Waals surface area contributed by atoms with Gasteiger partial charge in [-0.25, -0.2) is 8.42 Å². The van der Waals surface area contributed by atoms with Crippen molar-refractivity contribution in [3.05, 3.63) is 64.7 Å². The zero-order chi connectivity index (χ0) is 20.1. The Labute approximate surface area is 171 Å². The topological polar surface area (TPSA) is 66.5 Å². The summed E-state index contributed by atoms with van der Waals surface area (Å²) in [5.74, 6) is 0.170. The standard InChI is InChI=1S/C21H25ClN2O3S/c1-28(26,27)23-20-8-4-17(5-9-20)21(25)18-11-14-24(15-12-18)13-10-16-2-6-19(22)7-3-16/h2-9,18,23H,10-15H2,1H3. The average molecular weight is 421 g/mol. The molecule has 7 heteroatoms. The quantitative estimate of drug-likeness (QED) is 0.691.